The van der Waals surface area contributed by atoms with Crippen molar-refractivity contribution in [3.05, 3.63) is 46.8 Å². The Hall–Kier alpha value is -2.89. The van der Waals surface area contributed by atoms with Gasteiger partial charge in [0, 0.05) is 19.2 Å². The van der Waals surface area contributed by atoms with Crippen LogP contribution in [0.15, 0.2) is 24.3 Å². The number of carboxylic acid groups (broad SMARTS) is 1. The Morgan fingerprint density at radius 2 is 1.70 bits per heavy atom. The predicted octanol–water partition coefficient (Wildman–Crippen LogP) is 4.01. The molecule has 0 saturated carbocycles. The van der Waals surface area contributed by atoms with Crippen molar-refractivity contribution in [1.82, 2.24) is 14.6 Å². The molecular weight excluding hydrogens is 340 g/mol. The van der Waals surface area contributed by atoms with Gasteiger partial charge in [-0.1, -0.05) is 18.2 Å². The second-order valence-corrected chi connectivity index (χ2v) is 7.32. The van der Waals surface area contributed by atoms with Crippen LogP contribution in [0.2, 0.25) is 0 Å². The van der Waals surface area contributed by atoms with Gasteiger partial charge in [0.1, 0.15) is 5.82 Å². The van der Waals surface area contributed by atoms with E-state index < -0.39 is 5.97 Å². The van der Waals surface area contributed by atoms with Crippen LogP contribution in [0.25, 0.3) is 16.8 Å². The highest BCUT2D eigenvalue weighted by molar-refractivity contribution is 5.90. The number of nitrogens with zero attached hydrogens (tertiary/aromatic N) is 4. The lowest BCUT2D eigenvalue weighted by Crippen LogP contribution is -2.31. The topological polar surface area (TPSA) is 70.7 Å². The first-order valence-corrected chi connectivity index (χ1v) is 9.42. The first-order chi connectivity index (χ1) is 13.0. The lowest BCUT2D eigenvalue weighted by molar-refractivity contribution is 0.0690. The summed E-state index contributed by atoms with van der Waals surface area (Å²) in [5.41, 5.74) is 5.82. The van der Waals surface area contributed by atoms with Crippen molar-refractivity contribution in [1.29, 1.82) is 0 Å². The molecule has 0 bridgehead atoms. The first kappa shape index (κ1) is 17.5. The Morgan fingerprint density at radius 1 is 1.04 bits per heavy atom. The molecule has 27 heavy (non-hydrogen) atoms. The zero-order valence-electron chi connectivity index (χ0n) is 16.0. The zero-order chi connectivity index (χ0) is 19.1. The molecule has 6 heteroatoms. The fraction of sp³-hybridized carbons (Fsp3) is 0.381. The Kier molecular flexibility index (Phi) is 4.34. The van der Waals surface area contributed by atoms with Crippen molar-refractivity contribution in [3.63, 3.8) is 0 Å². The fourth-order valence-electron chi connectivity index (χ4n) is 4.07. The van der Waals surface area contributed by atoms with Crippen molar-refractivity contribution < 1.29 is 9.90 Å². The average Bonchev–Trinajstić information content (AvgIpc) is 2.97. The van der Waals surface area contributed by atoms with Gasteiger partial charge in [-0.05, 0) is 56.7 Å². The Balaban J connectivity index is 2.03. The van der Waals surface area contributed by atoms with E-state index in [0.29, 0.717) is 5.65 Å². The van der Waals surface area contributed by atoms with Crippen molar-refractivity contribution in [2.45, 2.75) is 40.0 Å². The molecule has 1 aliphatic heterocycles. The molecule has 140 valence electrons. The predicted molar refractivity (Wildman–Crippen MR) is 106 cm³/mol. The van der Waals surface area contributed by atoms with E-state index in [0.717, 1.165) is 59.7 Å². The minimum Gasteiger partial charge on any atom is -0.477 e. The number of rotatable bonds is 3. The highest BCUT2D eigenvalue weighted by Gasteiger charge is 2.23. The summed E-state index contributed by atoms with van der Waals surface area (Å²) < 4.78 is 1.83. The van der Waals surface area contributed by atoms with Gasteiger partial charge in [-0.3, -0.25) is 0 Å². The molecule has 0 spiro atoms. The molecule has 1 aliphatic rings. The Labute approximate surface area is 158 Å². The monoisotopic (exact) mass is 364 g/mol. The minimum atomic E-state index is -1.01. The number of benzene rings is 1. The van der Waals surface area contributed by atoms with E-state index >= 15 is 0 Å². The van der Waals surface area contributed by atoms with Crippen molar-refractivity contribution in [2.75, 3.05) is 18.0 Å². The number of fused-ring (bicyclic) bond motifs is 1. The third kappa shape index (κ3) is 2.95. The Morgan fingerprint density at radius 3 is 2.33 bits per heavy atom. The quantitative estimate of drug-likeness (QED) is 0.760. The number of carboxylic acids is 1. The van der Waals surface area contributed by atoms with Crippen LogP contribution in [0.3, 0.4) is 0 Å². The lowest BCUT2D eigenvalue weighted by Gasteiger charge is -2.29. The van der Waals surface area contributed by atoms with Gasteiger partial charge in [-0.25, -0.2) is 9.78 Å². The van der Waals surface area contributed by atoms with Gasteiger partial charge in [-0.2, -0.15) is 9.61 Å². The second kappa shape index (κ2) is 6.68. The highest BCUT2D eigenvalue weighted by atomic mass is 16.4. The summed E-state index contributed by atoms with van der Waals surface area (Å²) in [4.78, 5) is 18.5. The number of piperidine rings is 1. The van der Waals surface area contributed by atoms with Crippen LogP contribution in [-0.4, -0.2) is 38.8 Å². The van der Waals surface area contributed by atoms with Gasteiger partial charge < -0.3 is 10.0 Å². The van der Waals surface area contributed by atoms with Gasteiger partial charge in [0.05, 0.1) is 11.3 Å². The summed E-state index contributed by atoms with van der Waals surface area (Å²) in [6, 6.07) is 7.82. The van der Waals surface area contributed by atoms with Crippen molar-refractivity contribution in [3.8, 4) is 11.1 Å². The van der Waals surface area contributed by atoms with Crippen LogP contribution in [-0.2, 0) is 0 Å². The normalized spacial score (nSPS) is 14.7. The summed E-state index contributed by atoms with van der Waals surface area (Å²) >= 11 is 0. The molecule has 0 aliphatic carbocycles. The van der Waals surface area contributed by atoms with E-state index in [1.807, 2.05) is 17.5 Å². The maximum atomic E-state index is 11.8. The smallest absolute Gasteiger partial charge is 0.354 e. The van der Waals surface area contributed by atoms with E-state index in [9.17, 15) is 9.90 Å². The lowest BCUT2D eigenvalue weighted by atomic mass is 9.96. The van der Waals surface area contributed by atoms with E-state index in [2.05, 4.69) is 35.9 Å². The van der Waals surface area contributed by atoms with Crippen LogP contribution >= 0.6 is 0 Å². The standard InChI is InChI=1S/C21H24N4O2/c1-13-8-7-9-14(2)18(13)19-15(3)23-25-17(24-10-5-4-6-11-24)12-16(21(26)27)22-20(19)25/h7-9,12H,4-6,10-11H2,1-3H3,(H,26,27). The second-order valence-electron chi connectivity index (χ2n) is 7.32. The van der Waals surface area contributed by atoms with Crippen LogP contribution in [0.5, 0.6) is 0 Å². The largest absolute Gasteiger partial charge is 0.477 e. The number of hydrogen-bond donors (Lipinski definition) is 1. The number of aryl methyl sites for hydroxylation is 3. The number of aromatic nitrogens is 3. The van der Waals surface area contributed by atoms with Crippen LogP contribution in [0.1, 0.15) is 46.6 Å². The summed E-state index contributed by atoms with van der Waals surface area (Å²) in [5.74, 6) is -0.195. The van der Waals surface area contributed by atoms with Crippen molar-refractivity contribution in [2.24, 2.45) is 0 Å². The maximum absolute atomic E-state index is 11.8. The summed E-state index contributed by atoms with van der Waals surface area (Å²) in [7, 11) is 0. The van der Waals surface area contributed by atoms with Gasteiger partial charge in [0.15, 0.2) is 11.3 Å². The van der Waals surface area contributed by atoms with Gasteiger partial charge in [0.25, 0.3) is 0 Å². The number of carbonyl (C=O) groups is 1. The molecule has 3 heterocycles. The Bertz CT molecular complexity index is 1010. The summed E-state index contributed by atoms with van der Waals surface area (Å²) in [5, 5.41) is 14.4. The molecule has 0 unspecified atom stereocenters. The average molecular weight is 364 g/mol. The van der Waals surface area contributed by atoms with Gasteiger partial charge >= 0.3 is 5.97 Å². The number of hydrogen-bond acceptors (Lipinski definition) is 4. The maximum Gasteiger partial charge on any atom is 0.354 e. The van der Waals surface area contributed by atoms with Crippen LogP contribution < -0.4 is 4.90 Å². The fourth-order valence-corrected chi connectivity index (χ4v) is 4.07. The molecular formula is C21H24N4O2. The molecule has 1 fully saturated rings. The number of anilines is 1. The van der Waals surface area contributed by atoms with Gasteiger partial charge in [0.2, 0.25) is 0 Å². The molecule has 4 rings (SSSR count). The minimum absolute atomic E-state index is 0.0652. The third-order valence-electron chi connectivity index (χ3n) is 5.38. The molecule has 2 aromatic heterocycles. The molecule has 0 amide bonds. The molecule has 6 nitrogen and oxygen atoms in total. The highest BCUT2D eigenvalue weighted by Crippen LogP contribution is 2.34. The third-order valence-corrected chi connectivity index (χ3v) is 5.38. The summed E-state index contributed by atoms with van der Waals surface area (Å²) in [6.07, 6.45) is 3.43. The zero-order valence-corrected chi connectivity index (χ0v) is 16.0. The van der Waals surface area contributed by atoms with E-state index in [4.69, 9.17) is 5.10 Å². The molecule has 0 atom stereocenters. The van der Waals surface area contributed by atoms with Crippen molar-refractivity contribution >= 4 is 17.4 Å². The number of aromatic carboxylic acids is 1. The van der Waals surface area contributed by atoms with Crippen LogP contribution in [0.4, 0.5) is 5.82 Å². The van der Waals surface area contributed by atoms with E-state index in [1.165, 1.54) is 6.42 Å². The molecule has 3 aromatic rings. The molecule has 1 saturated heterocycles. The molecule has 1 aromatic carbocycles. The molecule has 1 N–H and O–H groups in total. The molecule has 0 radical (unpaired) electrons. The summed E-state index contributed by atoms with van der Waals surface area (Å²) in [6.45, 7) is 7.93. The SMILES string of the molecule is Cc1cccc(C)c1-c1c(C)nn2c(N3CCCCC3)cc(C(=O)O)nc12. The van der Waals surface area contributed by atoms with Crippen LogP contribution in [0, 0.1) is 20.8 Å². The van der Waals surface area contributed by atoms with Gasteiger partial charge in [-0.15, -0.1) is 0 Å². The van der Waals surface area contributed by atoms with E-state index in [-0.39, 0.29) is 5.69 Å². The van der Waals surface area contributed by atoms with E-state index in [1.54, 1.807) is 6.07 Å². The first-order valence-electron chi connectivity index (χ1n) is 9.42.